The average molecular weight is 294 g/mol. The van der Waals surface area contributed by atoms with Crippen molar-refractivity contribution in [2.24, 2.45) is 5.92 Å². The maximum atomic E-state index is 12.2. The van der Waals surface area contributed by atoms with Crippen LogP contribution in [0, 0.1) is 27.4 Å². The summed E-state index contributed by atoms with van der Waals surface area (Å²) in [6.07, 6.45) is 2.28. The first kappa shape index (κ1) is 14.3. The van der Waals surface area contributed by atoms with Crippen molar-refractivity contribution in [3.63, 3.8) is 0 Å². The lowest BCUT2D eigenvalue weighted by atomic mass is 10.0. The lowest BCUT2D eigenvalue weighted by Gasteiger charge is -2.16. The number of amides is 1. The van der Waals surface area contributed by atoms with E-state index in [9.17, 15) is 14.9 Å². The molecule has 0 aromatic heterocycles. The molecule has 2 rings (SSSR count). The maximum Gasteiger partial charge on any atom is 0.283 e. The Morgan fingerprint density at radius 2 is 2.25 bits per heavy atom. The molecule has 1 aromatic carbocycles. The monoisotopic (exact) mass is 293 g/mol. The number of nitro groups is 1. The Balaban J connectivity index is 2.26. The van der Waals surface area contributed by atoms with Crippen molar-refractivity contribution in [1.82, 2.24) is 5.32 Å². The summed E-state index contributed by atoms with van der Waals surface area (Å²) in [4.78, 5) is 22.5. The highest BCUT2D eigenvalue weighted by Crippen LogP contribution is 2.29. The molecule has 2 unspecified atom stereocenters. The van der Waals surface area contributed by atoms with Crippen LogP contribution in [0.25, 0.3) is 0 Å². The highest BCUT2D eigenvalue weighted by Gasteiger charge is 2.31. The van der Waals surface area contributed by atoms with E-state index in [0.717, 1.165) is 12.8 Å². The highest BCUT2D eigenvalue weighted by molar-refractivity contribution is 6.34. The zero-order valence-electron chi connectivity index (χ0n) is 10.5. The van der Waals surface area contributed by atoms with Crippen molar-refractivity contribution >= 4 is 23.2 Å². The van der Waals surface area contributed by atoms with Crippen LogP contribution in [0.4, 0.5) is 5.69 Å². The molecule has 0 aliphatic heterocycles. The largest absolute Gasteiger partial charge is 0.348 e. The van der Waals surface area contributed by atoms with Gasteiger partial charge in [-0.15, -0.1) is 0 Å². The summed E-state index contributed by atoms with van der Waals surface area (Å²) in [6.45, 7) is 0. The third-order valence-corrected chi connectivity index (χ3v) is 3.73. The van der Waals surface area contributed by atoms with Gasteiger partial charge in [0.1, 0.15) is 5.56 Å². The van der Waals surface area contributed by atoms with E-state index in [1.807, 2.05) is 0 Å². The van der Waals surface area contributed by atoms with Crippen LogP contribution in [-0.2, 0) is 0 Å². The third kappa shape index (κ3) is 2.73. The number of carbonyl (C=O) groups is 1. The van der Waals surface area contributed by atoms with E-state index >= 15 is 0 Å². The molecule has 1 aromatic rings. The molecule has 0 spiro atoms. The number of nitro benzene ring substituents is 1. The second-order valence-electron chi connectivity index (χ2n) is 4.64. The van der Waals surface area contributed by atoms with Gasteiger partial charge >= 0.3 is 0 Å². The van der Waals surface area contributed by atoms with E-state index in [1.54, 1.807) is 0 Å². The van der Waals surface area contributed by atoms with Gasteiger partial charge in [-0.05, 0) is 25.3 Å². The fourth-order valence-electron chi connectivity index (χ4n) is 2.42. The molecule has 2 atom stereocenters. The molecule has 0 heterocycles. The predicted octanol–water partition coefficient (Wildman–Crippen LogP) is 2.67. The van der Waals surface area contributed by atoms with Crippen molar-refractivity contribution in [3.05, 3.63) is 38.9 Å². The lowest BCUT2D eigenvalue weighted by Crippen LogP contribution is -2.37. The molecule has 6 nitrogen and oxygen atoms in total. The predicted molar refractivity (Wildman–Crippen MR) is 72.3 cm³/mol. The fraction of sp³-hybridized carbons (Fsp3) is 0.385. The zero-order valence-corrected chi connectivity index (χ0v) is 11.3. The summed E-state index contributed by atoms with van der Waals surface area (Å²) in [5.74, 6) is -0.852. The zero-order chi connectivity index (χ0) is 14.7. The standard InChI is InChI=1S/C13H12ClN3O3/c14-9-4-2-6-11(17(19)20)12(9)13(18)16-10-5-1-3-8(10)7-15/h2,4,6,8,10H,1,3,5H2,(H,16,18). The van der Waals surface area contributed by atoms with Gasteiger partial charge in [0.15, 0.2) is 0 Å². The molecule has 1 saturated carbocycles. The van der Waals surface area contributed by atoms with Crippen molar-refractivity contribution in [2.75, 3.05) is 0 Å². The minimum absolute atomic E-state index is 0.0307. The van der Waals surface area contributed by atoms with Crippen molar-refractivity contribution in [1.29, 1.82) is 5.26 Å². The third-order valence-electron chi connectivity index (χ3n) is 3.41. The first-order valence-corrected chi connectivity index (χ1v) is 6.55. The first-order valence-electron chi connectivity index (χ1n) is 6.18. The van der Waals surface area contributed by atoms with E-state index in [1.165, 1.54) is 18.2 Å². The van der Waals surface area contributed by atoms with Crippen LogP contribution in [0.15, 0.2) is 18.2 Å². The maximum absolute atomic E-state index is 12.2. The van der Waals surface area contributed by atoms with Gasteiger partial charge in [-0.2, -0.15) is 5.26 Å². The second kappa shape index (κ2) is 5.88. The quantitative estimate of drug-likeness (QED) is 0.684. The molecule has 0 saturated heterocycles. The Bertz CT molecular complexity index is 597. The Morgan fingerprint density at radius 1 is 1.50 bits per heavy atom. The molecule has 1 amide bonds. The Hall–Kier alpha value is -2.13. The molecule has 1 aliphatic carbocycles. The summed E-state index contributed by atoms with van der Waals surface area (Å²) in [5, 5.41) is 22.6. The van der Waals surface area contributed by atoms with Crippen LogP contribution in [0.5, 0.6) is 0 Å². The molecular weight excluding hydrogens is 282 g/mol. The van der Waals surface area contributed by atoms with Gasteiger partial charge < -0.3 is 5.32 Å². The molecule has 20 heavy (non-hydrogen) atoms. The Labute approximate surface area is 120 Å². The van der Waals surface area contributed by atoms with E-state index in [0.29, 0.717) is 6.42 Å². The van der Waals surface area contributed by atoms with Crippen LogP contribution in [0.1, 0.15) is 29.6 Å². The van der Waals surface area contributed by atoms with Gasteiger partial charge in [0.2, 0.25) is 0 Å². The average Bonchev–Trinajstić information content (AvgIpc) is 2.85. The topological polar surface area (TPSA) is 96.0 Å². The van der Waals surface area contributed by atoms with Gasteiger partial charge in [0.05, 0.1) is 21.9 Å². The molecule has 1 N–H and O–H groups in total. The van der Waals surface area contributed by atoms with Crippen LogP contribution < -0.4 is 5.32 Å². The van der Waals surface area contributed by atoms with E-state index in [-0.39, 0.29) is 28.2 Å². The number of hydrogen-bond donors (Lipinski definition) is 1. The van der Waals surface area contributed by atoms with Crippen molar-refractivity contribution in [3.8, 4) is 6.07 Å². The Kier molecular flexibility index (Phi) is 4.20. The lowest BCUT2D eigenvalue weighted by molar-refractivity contribution is -0.385. The van der Waals surface area contributed by atoms with Crippen molar-refractivity contribution < 1.29 is 9.72 Å². The molecular formula is C13H12ClN3O3. The SMILES string of the molecule is N#CC1CCCC1NC(=O)c1c(Cl)cccc1[N+](=O)[O-]. The minimum atomic E-state index is -0.642. The molecule has 1 aliphatic rings. The number of nitrogens with zero attached hydrogens (tertiary/aromatic N) is 2. The number of benzene rings is 1. The minimum Gasteiger partial charge on any atom is -0.348 e. The fourth-order valence-corrected chi connectivity index (χ4v) is 2.67. The summed E-state index contributed by atoms with van der Waals surface area (Å²) >= 11 is 5.89. The van der Waals surface area contributed by atoms with Gasteiger partial charge in [-0.1, -0.05) is 17.7 Å². The van der Waals surface area contributed by atoms with Crippen molar-refractivity contribution in [2.45, 2.75) is 25.3 Å². The molecule has 1 fully saturated rings. The number of hydrogen-bond acceptors (Lipinski definition) is 4. The number of nitrogens with one attached hydrogen (secondary N) is 1. The van der Waals surface area contributed by atoms with Gasteiger partial charge in [0, 0.05) is 12.1 Å². The van der Waals surface area contributed by atoms with E-state index in [4.69, 9.17) is 16.9 Å². The number of carbonyl (C=O) groups excluding carboxylic acids is 1. The first-order chi connectivity index (χ1) is 9.54. The smallest absolute Gasteiger partial charge is 0.283 e. The van der Waals surface area contributed by atoms with Gasteiger partial charge in [0.25, 0.3) is 11.6 Å². The summed E-state index contributed by atoms with van der Waals surface area (Å²) < 4.78 is 0. The van der Waals surface area contributed by atoms with Gasteiger partial charge in [-0.25, -0.2) is 0 Å². The Morgan fingerprint density at radius 3 is 2.90 bits per heavy atom. The van der Waals surface area contributed by atoms with Gasteiger partial charge in [-0.3, -0.25) is 14.9 Å². The number of rotatable bonds is 3. The molecule has 104 valence electrons. The highest BCUT2D eigenvalue weighted by atomic mass is 35.5. The second-order valence-corrected chi connectivity index (χ2v) is 5.04. The van der Waals surface area contributed by atoms with E-state index < -0.39 is 10.8 Å². The summed E-state index contributed by atoms with van der Waals surface area (Å²) in [7, 11) is 0. The van der Waals surface area contributed by atoms with Crippen LogP contribution in [-0.4, -0.2) is 16.9 Å². The summed E-state index contributed by atoms with van der Waals surface area (Å²) in [6, 6.07) is 5.95. The molecule has 0 bridgehead atoms. The number of nitriles is 1. The molecule has 0 radical (unpaired) electrons. The number of halogens is 1. The van der Waals surface area contributed by atoms with Crippen LogP contribution in [0.2, 0.25) is 5.02 Å². The molecule has 7 heteroatoms. The van der Waals surface area contributed by atoms with Crippen LogP contribution in [0.3, 0.4) is 0 Å². The summed E-state index contributed by atoms with van der Waals surface area (Å²) in [5.41, 5.74) is -0.482. The normalized spacial score (nSPS) is 21.2. The van der Waals surface area contributed by atoms with E-state index in [2.05, 4.69) is 11.4 Å². The van der Waals surface area contributed by atoms with Crippen LogP contribution >= 0.6 is 11.6 Å².